The highest BCUT2D eigenvalue weighted by molar-refractivity contribution is 6.22. The number of aliphatic imine (C=N–C) groups is 1. The van der Waals surface area contributed by atoms with Crippen LogP contribution in [0.4, 0.5) is 0 Å². The van der Waals surface area contributed by atoms with Crippen molar-refractivity contribution < 1.29 is 13.3 Å². The monoisotopic (exact) mass is 806 g/mol. The Morgan fingerprint density at radius 2 is 1.21 bits per heavy atom. The summed E-state index contributed by atoms with van der Waals surface area (Å²) in [4.78, 5) is 5.61. The molecule has 0 fully saturated rings. The fourth-order valence-electron chi connectivity index (χ4n) is 9.50. The van der Waals surface area contributed by atoms with E-state index >= 15 is 0 Å². The summed E-state index contributed by atoms with van der Waals surface area (Å²) in [5.41, 5.74) is 23.0. The third kappa shape index (κ3) is 6.35. The highest BCUT2D eigenvalue weighted by Gasteiger charge is 2.27. The van der Waals surface area contributed by atoms with Crippen LogP contribution in [0.1, 0.15) is 56.2 Å². The average molecular weight is 807 g/mol. The number of nitrogens with zero attached hydrogens (tertiary/aromatic N) is 1. The molecular formula is C57H46N2O3. The van der Waals surface area contributed by atoms with Crippen molar-refractivity contribution in [3.63, 3.8) is 0 Å². The van der Waals surface area contributed by atoms with Crippen LogP contribution in [-0.2, 0) is 6.54 Å². The van der Waals surface area contributed by atoms with E-state index in [1.54, 1.807) is 0 Å². The van der Waals surface area contributed by atoms with Gasteiger partial charge in [0, 0.05) is 60.6 Å². The predicted octanol–water partition coefficient (Wildman–Crippen LogP) is 15.4. The molecule has 5 nitrogen and oxygen atoms in total. The van der Waals surface area contributed by atoms with Crippen molar-refractivity contribution in [1.82, 2.24) is 0 Å². The normalized spacial score (nSPS) is 15.8. The van der Waals surface area contributed by atoms with Gasteiger partial charge in [-0.05, 0) is 96.0 Å². The van der Waals surface area contributed by atoms with Crippen molar-refractivity contribution in [3.8, 4) is 11.1 Å². The lowest BCUT2D eigenvalue weighted by atomic mass is 9.81. The van der Waals surface area contributed by atoms with Gasteiger partial charge >= 0.3 is 0 Å². The first-order valence-electron chi connectivity index (χ1n) is 21.7. The lowest BCUT2D eigenvalue weighted by molar-refractivity contribution is 0.660. The number of allylic oxidation sites excluding steroid dienone is 4. The van der Waals surface area contributed by atoms with E-state index in [-0.39, 0.29) is 11.8 Å². The molecule has 1 aliphatic carbocycles. The van der Waals surface area contributed by atoms with Crippen LogP contribution in [0.15, 0.2) is 204 Å². The van der Waals surface area contributed by atoms with E-state index in [0.717, 1.165) is 123 Å². The van der Waals surface area contributed by atoms with E-state index < -0.39 is 0 Å². The molecule has 0 bridgehead atoms. The number of rotatable bonds is 9. The summed E-state index contributed by atoms with van der Waals surface area (Å²) in [6, 6.07) is 52.8. The topological polar surface area (TPSA) is 77.8 Å². The van der Waals surface area contributed by atoms with Crippen molar-refractivity contribution >= 4 is 71.5 Å². The molecule has 302 valence electrons. The summed E-state index contributed by atoms with van der Waals surface area (Å²) in [6.45, 7) is 7.04. The second-order valence-electron chi connectivity index (χ2n) is 16.7. The van der Waals surface area contributed by atoms with E-state index in [1.807, 2.05) is 24.3 Å². The van der Waals surface area contributed by atoms with Gasteiger partial charge in [0.25, 0.3) is 0 Å². The molecule has 0 spiro atoms. The number of para-hydroxylation sites is 4. The zero-order chi connectivity index (χ0) is 41.9. The van der Waals surface area contributed by atoms with Gasteiger partial charge in [-0.25, -0.2) is 0 Å². The molecule has 2 unspecified atom stereocenters. The molecule has 2 N–H and O–H groups in total. The second kappa shape index (κ2) is 15.3. The molecule has 3 aromatic heterocycles. The van der Waals surface area contributed by atoms with Gasteiger partial charge in [0.15, 0.2) is 0 Å². The van der Waals surface area contributed by atoms with Crippen molar-refractivity contribution in [2.75, 3.05) is 0 Å². The molecule has 62 heavy (non-hydrogen) atoms. The lowest BCUT2D eigenvalue weighted by Gasteiger charge is -2.26. The van der Waals surface area contributed by atoms with Crippen molar-refractivity contribution in [3.05, 3.63) is 203 Å². The van der Waals surface area contributed by atoms with Gasteiger partial charge in [-0.1, -0.05) is 135 Å². The number of nitrogens with two attached hydrogens (primary N) is 1. The van der Waals surface area contributed by atoms with E-state index in [0.29, 0.717) is 6.54 Å². The van der Waals surface area contributed by atoms with Gasteiger partial charge in [0.1, 0.15) is 33.5 Å². The summed E-state index contributed by atoms with van der Waals surface area (Å²) >= 11 is 0. The quantitative estimate of drug-likeness (QED) is 0.147. The first-order chi connectivity index (χ1) is 30.4. The molecule has 2 atom stereocenters. The first kappa shape index (κ1) is 37.6. The smallest absolute Gasteiger partial charge is 0.144 e. The molecule has 1 aliphatic rings. The Hall–Kier alpha value is -7.37. The molecule has 0 saturated heterocycles. The van der Waals surface area contributed by atoms with Crippen LogP contribution in [0.5, 0.6) is 0 Å². The van der Waals surface area contributed by atoms with Gasteiger partial charge < -0.3 is 19.0 Å². The second-order valence-corrected chi connectivity index (χ2v) is 16.7. The van der Waals surface area contributed by atoms with Crippen molar-refractivity contribution in [1.29, 1.82) is 0 Å². The lowest BCUT2D eigenvalue weighted by Crippen LogP contribution is -2.21. The number of hydrogen-bond acceptors (Lipinski definition) is 5. The van der Waals surface area contributed by atoms with E-state index in [1.165, 1.54) is 11.1 Å². The summed E-state index contributed by atoms with van der Waals surface area (Å²) in [5.74, 6) is 0.323. The molecular weight excluding hydrogens is 761 g/mol. The molecule has 7 aromatic carbocycles. The van der Waals surface area contributed by atoms with Crippen LogP contribution >= 0.6 is 0 Å². The van der Waals surface area contributed by atoms with Gasteiger partial charge in [0.2, 0.25) is 0 Å². The standard InChI is InChI=1S/C57H46N2O3/c1-4-34(2)53(54(58)46-30-37(25-24-35(46)3)36-14-6-5-7-15-36)55(45-21-13-20-43-41-17-8-11-23-50(41)62-57(43)45)59-33-40-16-12-19-44-48-32-39(27-29-52(48)61-56(40)44)38-26-28-51-47(31-38)42-18-9-10-22-49(42)60-51/h5-24,26-32,34,37H,4,25,33,58H2,1-3H3/b54-53-,59-55?. The Morgan fingerprint density at radius 3 is 1.95 bits per heavy atom. The number of fused-ring (bicyclic) bond motifs is 9. The Bertz CT molecular complexity index is 3500. The minimum Gasteiger partial charge on any atom is -0.456 e. The third-order valence-electron chi connectivity index (χ3n) is 13.0. The van der Waals surface area contributed by atoms with Gasteiger partial charge in [-0.15, -0.1) is 0 Å². The van der Waals surface area contributed by atoms with E-state index in [4.69, 9.17) is 24.0 Å². The van der Waals surface area contributed by atoms with Gasteiger partial charge in [0.05, 0.1) is 12.3 Å². The molecule has 10 aromatic rings. The summed E-state index contributed by atoms with van der Waals surface area (Å²) in [5, 5.41) is 6.49. The maximum Gasteiger partial charge on any atom is 0.144 e. The third-order valence-corrected chi connectivity index (χ3v) is 13.0. The average Bonchev–Trinajstić information content (AvgIpc) is 4.01. The summed E-state index contributed by atoms with van der Waals surface area (Å²) in [6.07, 6.45) is 6.51. The number of benzene rings is 7. The van der Waals surface area contributed by atoms with Crippen molar-refractivity contribution in [2.24, 2.45) is 16.6 Å². The highest BCUT2D eigenvalue weighted by atomic mass is 16.3. The molecule has 5 heteroatoms. The number of hydrogen-bond donors (Lipinski definition) is 1. The Kier molecular flexibility index (Phi) is 9.26. The molecule has 11 rings (SSSR count). The SMILES string of the molecule is CCC(C)/C(C(=NCc1cccc2c1oc1ccc(-c3ccc4oc5ccccc5c4c3)cc12)c1cccc2c1oc1ccccc12)=C(/N)C1=CC(c2ccccc2)CC=C1C. The Balaban J connectivity index is 1.06. The van der Waals surface area contributed by atoms with Crippen molar-refractivity contribution in [2.45, 2.75) is 46.1 Å². The summed E-state index contributed by atoms with van der Waals surface area (Å²) < 4.78 is 19.6. The van der Waals surface area contributed by atoms with Gasteiger partial charge in [-0.3, -0.25) is 4.99 Å². The highest BCUT2D eigenvalue weighted by Crippen LogP contribution is 2.40. The minimum atomic E-state index is 0.0962. The maximum absolute atomic E-state index is 7.52. The summed E-state index contributed by atoms with van der Waals surface area (Å²) in [7, 11) is 0. The molecule has 0 amide bonds. The zero-order valence-electron chi connectivity index (χ0n) is 35.1. The predicted molar refractivity (Wildman–Crippen MR) is 257 cm³/mol. The zero-order valence-corrected chi connectivity index (χ0v) is 35.1. The van der Waals surface area contributed by atoms with Gasteiger partial charge in [-0.2, -0.15) is 0 Å². The number of furan rings is 3. The van der Waals surface area contributed by atoms with Crippen LogP contribution in [0.25, 0.3) is 76.9 Å². The maximum atomic E-state index is 7.52. The first-order valence-corrected chi connectivity index (χ1v) is 21.7. The van der Waals surface area contributed by atoms with E-state index in [9.17, 15) is 0 Å². The molecule has 0 saturated carbocycles. The largest absolute Gasteiger partial charge is 0.456 e. The van der Waals surface area contributed by atoms with Crippen LogP contribution < -0.4 is 5.73 Å². The van der Waals surface area contributed by atoms with Crippen LogP contribution in [0.2, 0.25) is 0 Å². The fourth-order valence-corrected chi connectivity index (χ4v) is 9.50. The van der Waals surface area contributed by atoms with Crippen LogP contribution in [0.3, 0.4) is 0 Å². The van der Waals surface area contributed by atoms with Crippen LogP contribution in [-0.4, -0.2) is 5.71 Å². The Labute approximate surface area is 360 Å². The molecule has 0 aliphatic heterocycles. The molecule has 0 radical (unpaired) electrons. The Morgan fingerprint density at radius 1 is 0.629 bits per heavy atom. The van der Waals surface area contributed by atoms with E-state index in [2.05, 4.69) is 160 Å². The fraction of sp³-hybridized carbons (Fsp3) is 0.140. The minimum absolute atomic E-state index is 0.0962. The molecule has 3 heterocycles. The van der Waals surface area contributed by atoms with Crippen LogP contribution in [0, 0.1) is 5.92 Å².